The molecule has 1 atom stereocenters. The maximum Gasteiger partial charge on any atom is 0.418 e. The van der Waals surface area contributed by atoms with Crippen LogP contribution in [0.3, 0.4) is 0 Å². The molecule has 15 heavy (non-hydrogen) atoms. The average molecular weight is 230 g/mol. The lowest BCUT2D eigenvalue weighted by atomic mass is 10.1. The van der Waals surface area contributed by atoms with Crippen molar-refractivity contribution in [3.63, 3.8) is 0 Å². The van der Waals surface area contributed by atoms with E-state index in [1.807, 2.05) is 0 Å². The lowest BCUT2D eigenvalue weighted by Crippen LogP contribution is -2.23. The van der Waals surface area contributed by atoms with Crippen LogP contribution in [0.4, 0.5) is 26.3 Å². The first-order valence-electron chi connectivity index (χ1n) is 3.63. The number of aliphatic hydroxyl groups excluding tert-OH is 1. The fourth-order valence-corrected chi connectivity index (χ4v) is 0.957. The molecule has 1 nitrogen and oxygen atoms in total. The van der Waals surface area contributed by atoms with Crippen molar-refractivity contribution in [1.82, 2.24) is 0 Å². The summed E-state index contributed by atoms with van der Waals surface area (Å²) < 4.78 is 73.8. The number of benzene rings is 1. The van der Waals surface area contributed by atoms with E-state index in [9.17, 15) is 26.3 Å². The summed E-state index contributed by atoms with van der Waals surface area (Å²) in [7, 11) is 0. The Hall–Kier alpha value is -1.24. The number of hydrogen-bond donors (Lipinski definition) is 1. The van der Waals surface area contributed by atoms with Gasteiger partial charge in [0.05, 0.1) is 5.56 Å². The van der Waals surface area contributed by atoms with Gasteiger partial charge in [0.1, 0.15) is 5.82 Å². The minimum absolute atomic E-state index is 0.308. The maximum absolute atomic E-state index is 12.8. The fraction of sp³-hybridized carbons (Fsp3) is 0.250. The second-order valence-corrected chi connectivity index (χ2v) is 2.70. The van der Waals surface area contributed by atoms with Crippen LogP contribution in [-0.2, 0) is 0 Å². The van der Waals surface area contributed by atoms with E-state index < -0.39 is 35.3 Å². The second kappa shape index (κ2) is 3.73. The molecule has 1 unspecified atom stereocenters. The first-order valence-corrected chi connectivity index (χ1v) is 3.63. The number of hydrogen-bond acceptors (Lipinski definition) is 1. The Morgan fingerprint density at radius 2 is 1.47 bits per heavy atom. The Morgan fingerprint density at radius 3 is 1.93 bits per heavy atom. The van der Waals surface area contributed by atoms with Gasteiger partial charge < -0.3 is 5.11 Å². The second-order valence-electron chi connectivity index (χ2n) is 2.70. The Bertz CT molecular complexity index is 372. The van der Waals surface area contributed by atoms with Gasteiger partial charge in [-0.25, -0.2) is 13.2 Å². The molecule has 84 valence electrons. The molecule has 1 rings (SSSR count). The van der Waals surface area contributed by atoms with Crippen LogP contribution in [0.2, 0.25) is 0 Å². The third kappa shape index (κ3) is 2.23. The van der Waals surface area contributed by atoms with Gasteiger partial charge in [0.25, 0.3) is 0 Å². The first-order chi connectivity index (χ1) is 6.75. The highest BCUT2D eigenvalue weighted by Crippen LogP contribution is 2.35. The number of halogens is 6. The Balaban J connectivity index is 3.31. The van der Waals surface area contributed by atoms with E-state index in [4.69, 9.17) is 5.11 Å². The molecule has 0 saturated heterocycles. The van der Waals surface area contributed by atoms with E-state index in [-0.39, 0.29) is 0 Å². The molecular weight excluding hydrogens is 226 g/mol. The highest BCUT2D eigenvalue weighted by Gasteiger charge is 2.43. The Morgan fingerprint density at radius 1 is 1.00 bits per heavy atom. The van der Waals surface area contributed by atoms with Gasteiger partial charge in [-0.1, -0.05) is 0 Å². The van der Waals surface area contributed by atoms with Crippen LogP contribution < -0.4 is 0 Å². The minimum atomic E-state index is -5.25. The van der Waals surface area contributed by atoms with E-state index in [1.54, 1.807) is 0 Å². The van der Waals surface area contributed by atoms with Crippen molar-refractivity contribution in [2.24, 2.45) is 0 Å². The maximum atomic E-state index is 12.8. The van der Waals surface area contributed by atoms with E-state index in [0.29, 0.717) is 12.1 Å². The molecule has 1 N–H and O–H groups in total. The van der Waals surface area contributed by atoms with Crippen LogP contribution in [0.25, 0.3) is 0 Å². The van der Waals surface area contributed by atoms with E-state index in [1.165, 1.54) is 0 Å². The molecular formula is C8H4F6O. The molecule has 0 amide bonds. The quantitative estimate of drug-likeness (QED) is 0.580. The summed E-state index contributed by atoms with van der Waals surface area (Å²) in [6.07, 6.45) is -8.64. The highest BCUT2D eigenvalue weighted by molar-refractivity contribution is 5.24. The molecule has 0 aliphatic rings. The fourth-order valence-electron chi connectivity index (χ4n) is 0.957. The summed E-state index contributed by atoms with van der Waals surface area (Å²) >= 11 is 0. The Kier molecular flexibility index (Phi) is 2.94. The van der Waals surface area contributed by atoms with Gasteiger partial charge in [0.15, 0.2) is 17.7 Å². The number of aliphatic hydroxyl groups is 1. The minimum Gasteiger partial charge on any atom is -0.379 e. The molecule has 0 fully saturated rings. The van der Waals surface area contributed by atoms with Gasteiger partial charge in [-0.2, -0.15) is 13.2 Å². The molecule has 0 aromatic heterocycles. The smallest absolute Gasteiger partial charge is 0.379 e. The third-order valence-electron chi connectivity index (χ3n) is 1.66. The van der Waals surface area contributed by atoms with Crippen molar-refractivity contribution in [2.75, 3.05) is 0 Å². The zero-order valence-electron chi connectivity index (χ0n) is 6.95. The van der Waals surface area contributed by atoms with E-state index >= 15 is 0 Å². The molecule has 7 heteroatoms. The molecule has 0 spiro atoms. The molecule has 0 heterocycles. The largest absolute Gasteiger partial charge is 0.418 e. The van der Waals surface area contributed by atoms with Crippen molar-refractivity contribution in [2.45, 2.75) is 12.3 Å². The van der Waals surface area contributed by atoms with Gasteiger partial charge in [-0.3, -0.25) is 0 Å². The van der Waals surface area contributed by atoms with Crippen molar-refractivity contribution < 1.29 is 31.4 Å². The van der Waals surface area contributed by atoms with Crippen molar-refractivity contribution in [3.05, 3.63) is 35.1 Å². The number of alkyl halides is 3. The number of rotatable bonds is 1. The summed E-state index contributed by atoms with van der Waals surface area (Å²) in [5.74, 6) is -5.35. The lowest BCUT2D eigenvalue weighted by molar-refractivity contribution is -0.208. The van der Waals surface area contributed by atoms with Crippen LogP contribution in [0.1, 0.15) is 11.7 Å². The zero-order chi connectivity index (χ0) is 11.8. The molecule has 0 saturated carbocycles. The molecule has 0 aliphatic carbocycles. The van der Waals surface area contributed by atoms with Gasteiger partial charge in [0, 0.05) is 0 Å². The monoisotopic (exact) mass is 230 g/mol. The Labute approximate surface area is 79.9 Å². The van der Waals surface area contributed by atoms with Crippen LogP contribution in [0.15, 0.2) is 12.1 Å². The molecule has 1 aromatic rings. The van der Waals surface area contributed by atoms with Gasteiger partial charge >= 0.3 is 6.18 Å². The van der Waals surface area contributed by atoms with Crippen molar-refractivity contribution >= 4 is 0 Å². The standard InChI is InChI=1S/C8H4F6O/c9-3-1-2-4(10)6(11)5(3)7(15)8(12,13)14/h1-2,7,15H. The predicted octanol–water partition coefficient (Wildman–Crippen LogP) is 2.70. The van der Waals surface area contributed by atoms with E-state index in [2.05, 4.69) is 0 Å². The third-order valence-corrected chi connectivity index (χ3v) is 1.66. The van der Waals surface area contributed by atoms with Crippen LogP contribution in [0, 0.1) is 17.5 Å². The molecule has 0 aliphatic heterocycles. The summed E-state index contributed by atoms with van der Waals surface area (Å²) in [4.78, 5) is 0. The predicted molar refractivity (Wildman–Crippen MR) is 37.3 cm³/mol. The topological polar surface area (TPSA) is 20.2 Å². The summed E-state index contributed by atoms with van der Waals surface area (Å²) in [5, 5.41) is 8.57. The van der Waals surface area contributed by atoms with Crippen LogP contribution in [-0.4, -0.2) is 11.3 Å². The van der Waals surface area contributed by atoms with E-state index in [0.717, 1.165) is 0 Å². The SMILES string of the molecule is OC(c1c(F)ccc(F)c1F)C(F)(F)F. The molecule has 0 bridgehead atoms. The van der Waals surface area contributed by atoms with Crippen molar-refractivity contribution in [3.8, 4) is 0 Å². The first kappa shape index (κ1) is 11.8. The summed E-state index contributed by atoms with van der Waals surface area (Å²) in [6.45, 7) is 0. The summed E-state index contributed by atoms with van der Waals surface area (Å²) in [5.41, 5.74) is -1.73. The van der Waals surface area contributed by atoms with Gasteiger partial charge in [-0.05, 0) is 12.1 Å². The van der Waals surface area contributed by atoms with Gasteiger partial charge in [-0.15, -0.1) is 0 Å². The lowest BCUT2D eigenvalue weighted by Gasteiger charge is -2.16. The zero-order valence-corrected chi connectivity index (χ0v) is 6.95. The van der Waals surface area contributed by atoms with Gasteiger partial charge in [0.2, 0.25) is 0 Å². The highest BCUT2D eigenvalue weighted by atomic mass is 19.4. The molecule has 1 aromatic carbocycles. The van der Waals surface area contributed by atoms with Crippen molar-refractivity contribution in [1.29, 1.82) is 0 Å². The van der Waals surface area contributed by atoms with Crippen LogP contribution >= 0.6 is 0 Å². The van der Waals surface area contributed by atoms with Crippen LogP contribution in [0.5, 0.6) is 0 Å². The molecule has 0 radical (unpaired) electrons. The normalized spacial score (nSPS) is 14.1. The average Bonchev–Trinajstić information content (AvgIpc) is 2.10. The summed E-state index contributed by atoms with van der Waals surface area (Å²) in [6, 6.07) is 0.639.